The number of fused-ring (bicyclic) bond motifs is 1. The number of aromatic nitrogens is 2. The topological polar surface area (TPSA) is 93.3 Å². The maximum Gasteiger partial charge on any atom is 0.151 e. The van der Waals surface area contributed by atoms with E-state index < -0.39 is 6.10 Å². The molecule has 1 N–H and O–H groups in total. The van der Waals surface area contributed by atoms with Crippen molar-refractivity contribution in [2.45, 2.75) is 19.6 Å². The van der Waals surface area contributed by atoms with Gasteiger partial charge in [0.25, 0.3) is 0 Å². The molecule has 0 bridgehead atoms. The average molecular weight is 525 g/mol. The summed E-state index contributed by atoms with van der Waals surface area (Å²) >= 11 is 1.67. The Balaban J connectivity index is 1.08. The van der Waals surface area contributed by atoms with Gasteiger partial charge in [0.15, 0.2) is 5.76 Å². The standard InChI is InChI=1S/C27H32N4O5S/c1-18-28-25-12-21(5-7-27(25)37-18)35-17-19(32)15-30-8-10-31(11-9-30)16-22-13-24(29-36-22)23-6-4-20(33-2)14-26(23)34-3/h4-7,12-14,19,32H,8-11,15-17H2,1-3H3/t19-/m1/s1. The van der Waals surface area contributed by atoms with Crippen molar-refractivity contribution in [2.75, 3.05) is 53.6 Å². The van der Waals surface area contributed by atoms with Crippen LogP contribution in [0.15, 0.2) is 47.0 Å². The molecule has 0 unspecified atom stereocenters. The van der Waals surface area contributed by atoms with Gasteiger partial charge in [-0.1, -0.05) is 5.16 Å². The molecule has 1 aliphatic rings. The summed E-state index contributed by atoms with van der Waals surface area (Å²) in [5.41, 5.74) is 2.54. The maximum absolute atomic E-state index is 10.5. The van der Waals surface area contributed by atoms with Crippen molar-refractivity contribution < 1.29 is 23.8 Å². The van der Waals surface area contributed by atoms with Gasteiger partial charge >= 0.3 is 0 Å². The molecule has 0 amide bonds. The number of methoxy groups -OCH3 is 2. The van der Waals surface area contributed by atoms with Gasteiger partial charge in [-0.15, -0.1) is 11.3 Å². The van der Waals surface area contributed by atoms with Gasteiger partial charge in [0, 0.05) is 56.5 Å². The van der Waals surface area contributed by atoms with Crippen molar-refractivity contribution in [3.8, 4) is 28.5 Å². The minimum atomic E-state index is -0.560. The number of nitrogens with zero attached hydrogens (tertiary/aromatic N) is 4. The summed E-state index contributed by atoms with van der Waals surface area (Å²) in [5, 5.41) is 15.8. The molecule has 0 saturated carbocycles. The van der Waals surface area contributed by atoms with E-state index >= 15 is 0 Å². The van der Waals surface area contributed by atoms with Gasteiger partial charge in [-0.3, -0.25) is 9.80 Å². The van der Waals surface area contributed by atoms with Crippen LogP contribution in [-0.4, -0.2) is 84.7 Å². The highest BCUT2D eigenvalue weighted by molar-refractivity contribution is 7.18. The minimum absolute atomic E-state index is 0.254. The lowest BCUT2D eigenvalue weighted by Gasteiger charge is -2.35. The molecule has 0 spiro atoms. The lowest BCUT2D eigenvalue weighted by Crippen LogP contribution is -2.48. The Labute approximate surface area is 220 Å². The van der Waals surface area contributed by atoms with E-state index in [2.05, 4.69) is 19.9 Å². The highest BCUT2D eigenvalue weighted by atomic mass is 32.1. The van der Waals surface area contributed by atoms with Crippen molar-refractivity contribution in [2.24, 2.45) is 0 Å². The summed E-state index contributed by atoms with van der Waals surface area (Å²) < 4.78 is 23.4. The van der Waals surface area contributed by atoms with Crippen molar-refractivity contribution >= 4 is 21.6 Å². The zero-order chi connectivity index (χ0) is 25.8. The third-order valence-corrected chi connectivity index (χ3v) is 7.42. The number of hydrogen-bond donors (Lipinski definition) is 1. The first-order chi connectivity index (χ1) is 18.0. The SMILES string of the molecule is COc1ccc(-c2cc(CN3CCN(C[C@@H](O)COc4ccc5sc(C)nc5c4)CC3)on2)c(OC)c1. The summed E-state index contributed by atoms with van der Waals surface area (Å²) in [6, 6.07) is 13.5. The molecule has 10 heteroatoms. The second-order valence-corrected chi connectivity index (χ2v) is 10.4. The Bertz CT molecular complexity index is 1330. The molecule has 1 fully saturated rings. The third kappa shape index (κ3) is 6.22. The molecule has 0 aliphatic carbocycles. The van der Waals surface area contributed by atoms with E-state index in [1.165, 1.54) is 0 Å². The Kier molecular flexibility index (Phi) is 7.90. The zero-order valence-corrected chi connectivity index (χ0v) is 22.2. The molecule has 5 rings (SSSR count). The van der Waals surface area contributed by atoms with Crippen molar-refractivity contribution in [1.29, 1.82) is 0 Å². The Hall–Kier alpha value is -3.18. The largest absolute Gasteiger partial charge is 0.497 e. The molecule has 2 aromatic carbocycles. The van der Waals surface area contributed by atoms with E-state index in [0.717, 1.165) is 69.9 Å². The van der Waals surface area contributed by atoms with Crippen LogP contribution in [0.5, 0.6) is 17.2 Å². The van der Waals surface area contributed by atoms with Crippen LogP contribution in [0.3, 0.4) is 0 Å². The Morgan fingerprint density at radius 2 is 1.78 bits per heavy atom. The fraction of sp³-hybridized carbons (Fsp3) is 0.407. The quantitative estimate of drug-likeness (QED) is 0.332. The van der Waals surface area contributed by atoms with E-state index in [4.69, 9.17) is 18.7 Å². The molecule has 2 aromatic heterocycles. The summed E-state index contributed by atoms with van der Waals surface area (Å²) in [7, 11) is 3.26. The molecule has 0 radical (unpaired) electrons. The van der Waals surface area contributed by atoms with Crippen LogP contribution in [-0.2, 0) is 6.54 Å². The van der Waals surface area contributed by atoms with Gasteiger partial charge in [-0.2, -0.15) is 0 Å². The van der Waals surface area contributed by atoms with Crippen LogP contribution in [0.4, 0.5) is 0 Å². The zero-order valence-electron chi connectivity index (χ0n) is 21.3. The van der Waals surface area contributed by atoms with E-state index in [1.54, 1.807) is 25.6 Å². The predicted octanol–water partition coefficient (Wildman–Crippen LogP) is 3.83. The summed E-state index contributed by atoms with van der Waals surface area (Å²) in [4.78, 5) is 9.11. The molecular weight excluding hydrogens is 492 g/mol. The van der Waals surface area contributed by atoms with Gasteiger partial charge in [-0.05, 0) is 31.2 Å². The monoisotopic (exact) mass is 524 g/mol. The second kappa shape index (κ2) is 11.5. The van der Waals surface area contributed by atoms with E-state index in [9.17, 15) is 5.11 Å². The molecule has 9 nitrogen and oxygen atoms in total. The predicted molar refractivity (Wildman–Crippen MR) is 143 cm³/mol. The normalized spacial score (nSPS) is 15.7. The summed E-state index contributed by atoms with van der Waals surface area (Å²) in [6.45, 7) is 7.02. The molecule has 4 aromatic rings. The smallest absolute Gasteiger partial charge is 0.151 e. The fourth-order valence-electron chi connectivity index (χ4n) is 4.53. The van der Waals surface area contributed by atoms with Crippen molar-refractivity contribution in [3.63, 3.8) is 0 Å². The Morgan fingerprint density at radius 1 is 1.00 bits per heavy atom. The van der Waals surface area contributed by atoms with Crippen LogP contribution < -0.4 is 14.2 Å². The third-order valence-electron chi connectivity index (χ3n) is 6.47. The van der Waals surface area contributed by atoms with E-state index in [-0.39, 0.29) is 6.61 Å². The minimum Gasteiger partial charge on any atom is -0.497 e. The van der Waals surface area contributed by atoms with Crippen molar-refractivity contribution in [3.05, 3.63) is 53.2 Å². The van der Waals surface area contributed by atoms with Gasteiger partial charge in [-0.25, -0.2) is 4.98 Å². The number of aliphatic hydroxyl groups is 1. The fourth-order valence-corrected chi connectivity index (χ4v) is 5.34. The molecule has 1 aliphatic heterocycles. The lowest BCUT2D eigenvalue weighted by atomic mass is 10.1. The number of β-amino-alcohol motifs (C(OH)–C–C–N with tert-alkyl or cyclic N) is 1. The maximum atomic E-state index is 10.5. The number of hydrogen-bond acceptors (Lipinski definition) is 10. The number of aliphatic hydroxyl groups excluding tert-OH is 1. The van der Waals surface area contributed by atoms with Gasteiger partial charge < -0.3 is 23.8 Å². The second-order valence-electron chi connectivity index (χ2n) is 9.15. The molecule has 1 atom stereocenters. The number of aryl methyl sites for hydroxylation is 1. The number of piperazine rings is 1. The first kappa shape index (κ1) is 25.5. The molecule has 196 valence electrons. The molecule has 37 heavy (non-hydrogen) atoms. The van der Waals surface area contributed by atoms with Gasteiger partial charge in [0.05, 0.1) is 36.0 Å². The number of benzene rings is 2. The number of rotatable bonds is 10. The van der Waals surface area contributed by atoms with Gasteiger partial charge in [0.2, 0.25) is 0 Å². The number of ether oxygens (including phenoxy) is 3. The lowest BCUT2D eigenvalue weighted by molar-refractivity contribution is 0.0430. The van der Waals surface area contributed by atoms with Crippen molar-refractivity contribution in [1.82, 2.24) is 19.9 Å². The molecular formula is C27H32N4O5S. The molecule has 3 heterocycles. The van der Waals surface area contributed by atoms with Crippen LogP contribution in [0.1, 0.15) is 10.8 Å². The highest BCUT2D eigenvalue weighted by Gasteiger charge is 2.21. The van der Waals surface area contributed by atoms with Crippen LogP contribution >= 0.6 is 11.3 Å². The molecule has 1 saturated heterocycles. The highest BCUT2D eigenvalue weighted by Crippen LogP contribution is 2.33. The van der Waals surface area contributed by atoms with E-state index in [1.807, 2.05) is 49.4 Å². The van der Waals surface area contributed by atoms with Gasteiger partial charge in [0.1, 0.15) is 35.7 Å². The van der Waals surface area contributed by atoms with Crippen LogP contribution in [0, 0.1) is 6.92 Å². The first-order valence-electron chi connectivity index (χ1n) is 12.3. The van der Waals surface area contributed by atoms with E-state index in [0.29, 0.717) is 18.8 Å². The Morgan fingerprint density at radius 3 is 2.57 bits per heavy atom. The number of thiazole rings is 1. The summed E-state index contributed by atoms with van der Waals surface area (Å²) in [6.07, 6.45) is -0.560. The van der Waals surface area contributed by atoms with Crippen LogP contribution in [0.2, 0.25) is 0 Å². The van der Waals surface area contributed by atoms with Crippen LogP contribution in [0.25, 0.3) is 21.5 Å². The average Bonchev–Trinajstić information content (AvgIpc) is 3.53. The first-order valence-corrected chi connectivity index (χ1v) is 13.1. The summed E-state index contributed by atoms with van der Waals surface area (Å²) in [5.74, 6) is 2.96.